The summed E-state index contributed by atoms with van der Waals surface area (Å²) in [5.41, 5.74) is 6.72. The molecule has 3 N–H and O–H groups in total. The van der Waals surface area contributed by atoms with Gasteiger partial charge in [0.15, 0.2) is 5.69 Å². The van der Waals surface area contributed by atoms with E-state index in [1.54, 1.807) is 18.2 Å². The van der Waals surface area contributed by atoms with E-state index < -0.39 is 0 Å². The number of nitrogens with zero attached hydrogens (tertiary/aromatic N) is 1. The van der Waals surface area contributed by atoms with Crippen molar-refractivity contribution in [2.24, 2.45) is 0 Å². The molecule has 16 heavy (non-hydrogen) atoms. The van der Waals surface area contributed by atoms with Gasteiger partial charge in [-0.3, -0.25) is 4.79 Å². The van der Waals surface area contributed by atoms with Crippen molar-refractivity contribution >= 4 is 28.9 Å². The Labute approximate surface area is 96.2 Å². The maximum atomic E-state index is 11.6. The quantitative estimate of drug-likeness (QED) is 0.785. The molecule has 0 aliphatic carbocycles. The largest absolute Gasteiger partial charge is 0.399 e. The second kappa shape index (κ2) is 4.24. The van der Waals surface area contributed by atoms with E-state index in [2.05, 4.69) is 15.0 Å². The third-order valence-electron chi connectivity index (χ3n) is 1.91. The summed E-state index contributed by atoms with van der Waals surface area (Å²) in [5, 5.41) is 6.47. The van der Waals surface area contributed by atoms with Gasteiger partial charge in [-0.15, -0.1) is 0 Å². The first-order chi connectivity index (χ1) is 7.66. The molecule has 1 heterocycles. The standard InChI is InChI=1S/C10H8ClN3O2/c11-7-5-6(12)1-2-8(7)13-10(15)9-3-4-16-14-9/h1-5H,12H2,(H,13,15). The van der Waals surface area contributed by atoms with Gasteiger partial charge in [0.1, 0.15) is 6.26 Å². The Bertz CT molecular complexity index is 511. The van der Waals surface area contributed by atoms with Gasteiger partial charge in [-0.25, -0.2) is 0 Å². The number of rotatable bonds is 2. The number of benzene rings is 1. The summed E-state index contributed by atoms with van der Waals surface area (Å²) < 4.78 is 4.56. The first-order valence-electron chi connectivity index (χ1n) is 4.43. The number of amides is 1. The highest BCUT2D eigenvalue weighted by Crippen LogP contribution is 2.24. The van der Waals surface area contributed by atoms with Crippen LogP contribution < -0.4 is 11.1 Å². The number of hydrogen-bond acceptors (Lipinski definition) is 4. The number of nitrogens with two attached hydrogens (primary N) is 1. The van der Waals surface area contributed by atoms with Gasteiger partial charge >= 0.3 is 0 Å². The van der Waals surface area contributed by atoms with E-state index >= 15 is 0 Å². The molecule has 2 aromatic rings. The first kappa shape index (κ1) is 10.5. The number of carbonyl (C=O) groups excluding carboxylic acids is 1. The molecule has 0 aliphatic rings. The Morgan fingerprint density at radius 3 is 2.88 bits per heavy atom. The fraction of sp³-hybridized carbons (Fsp3) is 0. The van der Waals surface area contributed by atoms with Crippen LogP contribution >= 0.6 is 11.6 Å². The molecule has 0 unspecified atom stereocenters. The predicted molar refractivity (Wildman–Crippen MR) is 60.3 cm³/mol. The number of carbonyl (C=O) groups is 1. The maximum Gasteiger partial charge on any atom is 0.277 e. The molecule has 5 nitrogen and oxygen atoms in total. The van der Waals surface area contributed by atoms with Crippen LogP contribution in [-0.4, -0.2) is 11.1 Å². The van der Waals surface area contributed by atoms with Crippen molar-refractivity contribution in [3.05, 3.63) is 41.2 Å². The second-order valence-corrected chi connectivity index (χ2v) is 3.49. The fourth-order valence-corrected chi connectivity index (χ4v) is 1.38. The zero-order valence-electron chi connectivity index (χ0n) is 8.11. The number of nitrogen functional groups attached to an aromatic ring is 1. The molecule has 2 rings (SSSR count). The molecule has 0 saturated carbocycles. The van der Waals surface area contributed by atoms with Crippen LogP contribution in [0.25, 0.3) is 0 Å². The number of hydrogen-bond donors (Lipinski definition) is 2. The first-order valence-corrected chi connectivity index (χ1v) is 4.81. The summed E-state index contributed by atoms with van der Waals surface area (Å²) >= 11 is 5.90. The number of anilines is 2. The smallest absolute Gasteiger partial charge is 0.277 e. The van der Waals surface area contributed by atoms with Crippen LogP contribution in [0.15, 0.2) is 35.1 Å². The number of halogens is 1. The van der Waals surface area contributed by atoms with Crippen molar-refractivity contribution in [1.29, 1.82) is 0 Å². The molecule has 82 valence electrons. The lowest BCUT2D eigenvalue weighted by molar-refractivity contribution is 0.101. The van der Waals surface area contributed by atoms with Gasteiger partial charge in [-0.2, -0.15) is 0 Å². The zero-order valence-corrected chi connectivity index (χ0v) is 8.86. The Balaban J connectivity index is 2.18. The van der Waals surface area contributed by atoms with Gasteiger partial charge in [-0.1, -0.05) is 16.8 Å². The minimum atomic E-state index is -0.388. The third kappa shape index (κ3) is 2.14. The molecule has 1 amide bonds. The average Bonchev–Trinajstić information content (AvgIpc) is 2.75. The lowest BCUT2D eigenvalue weighted by Gasteiger charge is -2.05. The number of nitrogens with one attached hydrogen (secondary N) is 1. The Morgan fingerprint density at radius 2 is 2.25 bits per heavy atom. The summed E-state index contributed by atoms with van der Waals surface area (Å²) in [5.74, 6) is -0.388. The highest BCUT2D eigenvalue weighted by atomic mass is 35.5. The lowest BCUT2D eigenvalue weighted by atomic mass is 10.2. The van der Waals surface area contributed by atoms with Crippen LogP contribution in [0.4, 0.5) is 11.4 Å². The Morgan fingerprint density at radius 1 is 1.44 bits per heavy atom. The van der Waals surface area contributed by atoms with Gasteiger partial charge in [0, 0.05) is 11.8 Å². The normalized spacial score (nSPS) is 10.1. The summed E-state index contributed by atoms with van der Waals surface area (Å²) in [4.78, 5) is 11.6. The van der Waals surface area contributed by atoms with Gasteiger partial charge < -0.3 is 15.6 Å². The van der Waals surface area contributed by atoms with Gasteiger partial charge in [0.2, 0.25) is 0 Å². The number of aromatic nitrogens is 1. The van der Waals surface area contributed by atoms with E-state index in [4.69, 9.17) is 17.3 Å². The second-order valence-electron chi connectivity index (χ2n) is 3.08. The third-order valence-corrected chi connectivity index (χ3v) is 2.22. The molecular weight excluding hydrogens is 230 g/mol. The minimum Gasteiger partial charge on any atom is -0.399 e. The molecule has 1 aromatic carbocycles. The zero-order chi connectivity index (χ0) is 11.5. The summed E-state index contributed by atoms with van der Waals surface area (Å²) in [6.07, 6.45) is 1.32. The van der Waals surface area contributed by atoms with Crippen LogP contribution in [0.1, 0.15) is 10.5 Å². The van der Waals surface area contributed by atoms with Crippen molar-refractivity contribution < 1.29 is 9.32 Å². The van der Waals surface area contributed by atoms with Crippen LogP contribution in [0.2, 0.25) is 5.02 Å². The molecule has 6 heteroatoms. The molecule has 1 aromatic heterocycles. The van der Waals surface area contributed by atoms with Crippen molar-refractivity contribution in [3.63, 3.8) is 0 Å². The van der Waals surface area contributed by atoms with Crippen molar-refractivity contribution in [2.45, 2.75) is 0 Å². The molecule has 0 bridgehead atoms. The topological polar surface area (TPSA) is 81.1 Å². The lowest BCUT2D eigenvalue weighted by Crippen LogP contribution is -2.12. The summed E-state index contributed by atoms with van der Waals surface area (Å²) in [6, 6.07) is 6.28. The van der Waals surface area contributed by atoms with E-state index in [0.717, 1.165) is 0 Å². The van der Waals surface area contributed by atoms with E-state index in [1.807, 2.05) is 0 Å². The molecule has 0 saturated heterocycles. The van der Waals surface area contributed by atoms with E-state index in [9.17, 15) is 4.79 Å². The van der Waals surface area contributed by atoms with Crippen LogP contribution in [0, 0.1) is 0 Å². The molecule has 0 spiro atoms. The highest BCUT2D eigenvalue weighted by molar-refractivity contribution is 6.34. The summed E-state index contributed by atoms with van der Waals surface area (Å²) in [6.45, 7) is 0. The molecular formula is C10H8ClN3O2. The minimum absolute atomic E-state index is 0.188. The van der Waals surface area contributed by atoms with Crippen molar-refractivity contribution in [1.82, 2.24) is 5.16 Å². The fourth-order valence-electron chi connectivity index (χ4n) is 1.15. The van der Waals surface area contributed by atoms with Crippen molar-refractivity contribution in [3.8, 4) is 0 Å². The van der Waals surface area contributed by atoms with Crippen LogP contribution in [0.3, 0.4) is 0 Å². The predicted octanol–water partition coefficient (Wildman–Crippen LogP) is 2.16. The van der Waals surface area contributed by atoms with Gasteiger partial charge in [-0.05, 0) is 18.2 Å². The van der Waals surface area contributed by atoms with Crippen molar-refractivity contribution in [2.75, 3.05) is 11.1 Å². The van der Waals surface area contributed by atoms with E-state index in [1.165, 1.54) is 12.3 Å². The average molecular weight is 238 g/mol. The van der Waals surface area contributed by atoms with E-state index in [-0.39, 0.29) is 11.6 Å². The maximum absolute atomic E-state index is 11.6. The molecule has 0 radical (unpaired) electrons. The SMILES string of the molecule is Nc1ccc(NC(=O)c2ccon2)c(Cl)c1. The molecule has 0 fully saturated rings. The van der Waals surface area contributed by atoms with Crippen LogP contribution in [-0.2, 0) is 0 Å². The molecule has 0 aliphatic heterocycles. The van der Waals surface area contributed by atoms with Gasteiger partial charge in [0.25, 0.3) is 5.91 Å². The highest BCUT2D eigenvalue weighted by Gasteiger charge is 2.10. The van der Waals surface area contributed by atoms with Crippen LogP contribution in [0.5, 0.6) is 0 Å². The monoisotopic (exact) mass is 237 g/mol. The molecule has 0 atom stereocenters. The Hall–Kier alpha value is -2.01. The van der Waals surface area contributed by atoms with Gasteiger partial charge in [0.05, 0.1) is 10.7 Å². The summed E-state index contributed by atoms with van der Waals surface area (Å²) in [7, 11) is 0. The van der Waals surface area contributed by atoms with E-state index in [0.29, 0.717) is 16.4 Å². The Kier molecular flexibility index (Phi) is 2.78.